The SMILES string of the molecule is CCOC(=O)[C@]1(Cc2ccc(F)cc2)CCCN(C(=O)C2CC2)C1. The van der Waals surface area contributed by atoms with Gasteiger partial charge in [0.1, 0.15) is 5.82 Å². The first-order chi connectivity index (χ1) is 11.5. The van der Waals surface area contributed by atoms with Crippen molar-refractivity contribution in [3.8, 4) is 0 Å². The van der Waals surface area contributed by atoms with Gasteiger partial charge in [0, 0.05) is 19.0 Å². The number of hydrogen-bond donors (Lipinski definition) is 0. The standard InChI is InChI=1S/C19H24FNO3/c1-2-24-18(23)19(12-14-4-8-16(20)9-5-14)10-3-11-21(13-19)17(22)15-6-7-15/h4-5,8-9,15H,2-3,6-7,10-13H2,1H3/t19-/m0/s1. The fourth-order valence-corrected chi connectivity index (χ4v) is 3.57. The highest BCUT2D eigenvalue weighted by Gasteiger charge is 2.46. The maximum absolute atomic E-state index is 13.2. The number of hydrogen-bond acceptors (Lipinski definition) is 3. The van der Waals surface area contributed by atoms with Crippen LogP contribution in [0.15, 0.2) is 24.3 Å². The summed E-state index contributed by atoms with van der Waals surface area (Å²) >= 11 is 0. The molecule has 0 aromatic heterocycles. The summed E-state index contributed by atoms with van der Waals surface area (Å²) in [5, 5.41) is 0. The van der Waals surface area contributed by atoms with Gasteiger partial charge in [-0.2, -0.15) is 0 Å². The van der Waals surface area contributed by atoms with E-state index in [2.05, 4.69) is 0 Å². The molecule has 1 aliphatic heterocycles. The molecular formula is C19H24FNO3. The molecule has 1 amide bonds. The number of esters is 1. The van der Waals surface area contributed by atoms with E-state index in [-0.39, 0.29) is 23.6 Å². The molecule has 2 fully saturated rings. The van der Waals surface area contributed by atoms with Crippen LogP contribution in [0.4, 0.5) is 4.39 Å². The van der Waals surface area contributed by atoms with Gasteiger partial charge >= 0.3 is 5.97 Å². The van der Waals surface area contributed by atoms with Crippen LogP contribution in [0.2, 0.25) is 0 Å². The predicted octanol–water partition coefficient (Wildman–Crippen LogP) is 2.95. The summed E-state index contributed by atoms with van der Waals surface area (Å²) in [5.74, 6) is -0.225. The van der Waals surface area contributed by atoms with Gasteiger partial charge in [0.05, 0.1) is 12.0 Å². The Morgan fingerprint density at radius 3 is 2.62 bits per heavy atom. The van der Waals surface area contributed by atoms with Crippen LogP contribution >= 0.6 is 0 Å². The number of nitrogens with zero attached hydrogens (tertiary/aromatic N) is 1. The number of piperidine rings is 1. The average molecular weight is 333 g/mol. The topological polar surface area (TPSA) is 46.6 Å². The number of likely N-dealkylation sites (tertiary alicyclic amines) is 1. The summed E-state index contributed by atoms with van der Waals surface area (Å²) in [6.07, 6.45) is 3.87. The van der Waals surface area contributed by atoms with Crippen LogP contribution in [-0.2, 0) is 20.7 Å². The Morgan fingerprint density at radius 2 is 2.00 bits per heavy atom. The van der Waals surface area contributed by atoms with Crippen LogP contribution in [-0.4, -0.2) is 36.5 Å². The molecule has 1 aliphatic carbocycles. The first-order valence-corrected chi connectivity index (χ1v) is 8.74. The quantitative estimate of drug-likeness (QED) is 0.778. The minimum Gasteiger partial charge on any atom is -0.466 e. The highest BCUT2D eigenvalue weighted by molar-refractivity contribution is 5.83. The summed E-state index contributed by atoms with van der Waals surface area (Å²) in [4.78, 5) is 27.0. The molecule has 3 rings (SSSR count). The second kappa shape index (κ2) is 6.91. The van der Waals surface area contributed by atoms with Crippen molar-refractivity contribution in [1.29, 1.82) is 0 Å². The van der Waals surface area contributed by atoms with Crippen LogP contribution in [0.1, 0.15) is 38.2 Å². The van der Waals surface area contributed by atoms with Gasteiger partial charge in [-0.15, -0.1) is 0 Å². The predicted molar refractivity (Wildman–Crippen MR) is 87.7 cm³/mol. The first-order valence-electron chi connectivity index (χ1n) is 8.74. The van der Waals surface area contributed by atoms with E-state index in [1.807, 2.05) is 4.90 Å². The van der Waals surface area contributed by atoms with E-state index in [0.29, 0.717) is 32.5 Å². The molecule has 0 N–H and O–H groups in total. The van der Waals surface area contributed by atoms with Gasteiger partial charge in [-0.1, -0.05) is 12.1 Å². The Bertz CT molecular complexity index is 612. The fraction of sp³-hybridized carbons (Fsp3) is 0.579. The molecule has 0 spiro atoms. The molecule has 1 atom stereocenters. The van der Waals surface area contributed by atoms with Crippen molar-refractivity contribution in [2.75, 3.05) is 19.7 Å². The Kier molecular flexibility index (Phi) is 4.88. The van der Waals surface area contributed by atoms with E-state index in [0.717, 1.165) is 24.8 Å². The highest BCUT2D eigenvalue weighted by Crippen LogP contribution is 2.38. The Labute approximate surface area is 142 Å². The van der Waals surface area contributed by atoms with Gasteiger partial charge in [-0.25, -0.2) is 4.39 Å². The van der Waals surface area contributed by atoms with Gasteiger partial charge in [0.2, 0.25) is 5.91 Å². The average Bonchev–Trinajstić information content (AvgIpc) is 3.42. The third-order valence-corrected chi connectivity index (χ3v) is 4.98. The number of benzene rings is 1. The Hall–Kier alpha value is -1.91. The van der Waals surface area contributed by atoms with Crippen LogP contribution in [0.25, 0.3) is 0 Å². The molecular weight excluding hydrogens is 309 g/mol. The van der Waals surface area contributed by atoms with E-state index in [1.54, 1.807) is 19.1 Å². The van der Waals surface area contributed by atoms with Crippen molar-refractivity contribution in [2.45, 2.75) is 39.0 Å². The lowest BCUT2D eigenvalue weighted by atomic mass is 9.75. The second-order valence-electron chi connectivity index (χ2n) is 6.94. The van der Waals surface area contributed by atoms with Crippen molar-refractivity contribution in [3.63, 3.8) is 0 Å². The molecule has 1 saturated carbocycles. The highest BCUT2D eigenvalue weighted by atomic mass is 19.1. The largest absolute Gasteiger partial charge is 0.466 e. The maximum Gasteiger partial charge on any atom is 0.314 e. The number of ether oxygens (including phenoxy) is 1. The minimum atomic E-state index is -0.726. The third kappa shape index (κ3) is 3.60. The van der Waals surface area contributed by atoms with E-state index >= 15 is 0 Å². The van der Waals surface area contributed by atoms with Crippen LogP contribution in [0.5, 0.6) is 0 Å². The minimum absolute atomic E-state index is 0.147. The molecule has 24 heavy (non-hydrogen) atoms. The zero-order valence-electron chi connectivity index (χ0n) is 14.1. The van der Waals surface area contributed by atoms with Gasteiger partial charge in [0.15, 0.2) is 0 Å². The van der Waals surface area contributed by atoms with Crippen molar-refractivity contribution >= 4 is 11.9 Å². The Balaban J connectivity index is 1.82. The van der Waals surface area contributed by atoms with Crippen molar-refractivity contribution in [1.82, 2.24) is 4.90 Å². The van der Waals surface area contributed by atoms with Gasteiger partial charge in [0.25, 0.3) is 0 Å². The monoisotopic (exact) mass is 333 g/mol. The zero-order valence-corrected chi connectivity index (χ0v) is 14.1. The molecule has 0 bridgehead atoms. The molecule has 1 saturated heterocycles. The van der Waals surface area contributed by atoms with Gasteiger partial charge < -0.3 is 9.64 Å². The Morgan fingerprint density at radius 1 is 1.29 bits per heavy atom. The van der Waals surface area contributed by atoms with Gasteiger partial charge in [-0.05, 0) is 56.7 Å². The molecule has 0 unspecified atom stereocenters. The number of rotatable bonds is 5. The van der Waals surface area contributed by atoms with Crippen LogP contribution in [0.3, 0.4) is 0 Å². The first kappa shape index (κ1) is 16.9. The number of carbonyl (C=O) groups excluding carboxylic acids is 2. The molecule has 130 valence electrons. The normalized spacial score (nSPS) is 23.8. The summed E-state index contributed by atoms with van der Waals surface area (Å²) < 4.78 is 18.5. The summed E-state index contributed by atoms with van der Waals surface area (Å²) in [7, 11) is 0. The van der Waals surface area contributed by atoms with Crippen LogP contribution < -0.4 is 0 Å². The zero-order chi connectivity index (χ0) is 17.2. The molecule has 5 heteroatoms. The number of carbonyl (C=O) groups is 2. The number of halogens is 1. The summed E-state index contributed by atoms with van der Waals surface area (Å²) in [5.41, 5.74) is 0.168. The maximum atomic E-state index is 13.2. The molecule has 2 aliphatic rings. The van der Waals surface area contributed by atoms with Crippen molar-refractivity contribution in [2.24, 2.45) is 11.3 Å². The third-order valence-electron chi connectivity index (χ3n) is 4.98. The molecule has 1 heterocycles. The molecule has 1 aromatic rings. The fourth-order valence-electron chi connectivity index (χ4n) is 3.57. The van der Waals surface area contributed by atoms with E-state index in [1.165, 1.54) is 12.1 Å². The smallest absolute Gasteiger partial charge is 0.314 e. The molecule has 4 nitrogen and oxygen atoms in total. The van der Waals surface area contributed by atoms with E-state index in [9.17, 15) is 14.0 Å². The number of amides is 1. The lowest BCUT2D eigenvalue weighted by Gasteiger charge is -2.41. The summed E-state index contributed by atoms with van der Waals surface area (Å²) in [6, 6.07) is 6.23. The molecule has 0 radical (unpaired) electrons. The van der Waals surface area contributed by atoms with E-state index < -0.39 is 5.41 Å². The van der Waals surface area contributed by atoms with Crippen molar-refractivity contribution < 1.29 is 18.7 Å². The van der Waals surface area contributed by atoms with Gasteiger partial charge in [-0.3, -0.25) is 9.59 Å². The lowest BCUT2D eigenvalue weighted by molar-refractivity contribution is -0.161. The summed E-state index contributed by atoms with van der Waals surface area (Å²) in [6.45, 7) is 3.22. The van der Waals surface area contributed by atoms with E-state index in [4.69, 9.17) is 4.74 Å². The second-order valence-corrected chi connectivity index (χ2v) is 6.94. The van der Waals surface area contributed by atoms with Crippen LogP contribution in [0, 0.1) is 17.2 Å². The van der Waals surface area contributed by atoms with Crippen molar-refractivity contribution in [3.05, 3.63) is 35.6 Å². The molecule has 1 aromatic carbocycles. The lowest BCUT2D eigenvalue weighted by Crippen LogP contribution is -2.52.